The number of hydrogen-bond acceptors (Lipinski definition) is 9. The van der Waals surface area contributed by atoms with Crippen molar-refractivity contribution in [2.75, 3.05) is 21.3 Å². The lowest BCUT2D eigenvalue weighted by molar-refractivity contribution is -0.151. The Morgan fingerprint density at radius 3 is 2.24 bits per heavy atom. The van der Waals surface area contributed by atoms with Gasteiger partial charge in [-0.05, 0) is 29.3 Å². The van der Waals surface area contributed by atoms with Crippen LogP contribution >= 0.6 is 0 Å². The SMILES string of the molecule is COc1ccc([C@@]23Oc4cc(OC)cc(OC)c4[C@]2(O)[C@H](O)[C@H](C(=O)c2cc(CO)co2)[C@H]3c2ccccc2)cc1. The van der Waals surface area contributed by atoms with Crippen LogP contribution in [0.3, 0.4) is 0 Å². The van der Waals surface area contributed by atoms with Gasteiger partial charge in [-0.15, -0.1) is 0 Å². The van der Waals surface area contributed by atoms with Crippen LogP contribution in [0.1, 0.15) is 38.7 Å². The van der Waals surface area contributed by atoms with Gasteiger partial charge in [0, 0.05) is 23.6 Å². The second kappa shape index (κ2) is 9.95. The number of methoxy groups -OCH3 is 3. The summed E-state index contributed by atoms with van der Waals surface area (Å²) < 4.78 is 28.9. The first-order valence-corrected chi connectivity index (χ1v) is 13.1. The van der Waals surface area contributed by atoms with Crippen LogP contribution in [0.2, 0.25) is 0 Å². The molecule has 5 atom stereocenters. The van der Waals surface area contributed by atoms with E-state index in [1.54, 1.807) is 43.5 Å². The number of aliphatic hydroxyl groups is 3. The Hall–Kier alpha value is -4.31. The third-order valence-electron chi connectivity index (χ3n) is 8.34. The van der Waals surface area contributed by atoms with Crippen molar-refractivity contribution in [1.82, 2.24) is 0 Å². The summed E-state index contributed by atoms with van der Waals surface area (Å²) in [7, 11) is 4.50. The molecule has 0 radical (unpaired) electrons. The fourth-order valence-electron chi connectivity index (χ4n) is 6.55. The highest BCUT2D eigenvalue weighted by atomic mass is 16.5. The molecule has 2 heterocycles. The quantitative estimate of drug-likeness (QED) is 0.276. The molecule has 0 amide bonds. The maximum atomic E-state index is 14.2. The van der Waals surface area contributed by atoms with Crippen LogP contribution in [0.15, 0.2) is 83.5 Å². The van der Waals surface area contributed by atoms with Crippen molar-refractivity contribution in [3.8, 4) is 23.0 Å². The zero-order valence-electron chi connectivity index (χ0n) is 22.7. The fourth-order valence-corrected chi connectivity index (χ4v) is 6.55. The third-order valence-corrected chi connectivity index (χ3v) is 8.34. The first-order valence-electron chi connectivity index (χ1n) is 13.1. The molecule has 4 aromatic rings. The number of hydrogen-bond donors (Lipinski definition) is 3. The molecule has 1 aliphatic carbocycles. The molecule has 6 rings (SSSR count). The summed E-state index contributed by atoms with van der Waals surface area (Å²) in [6.45, 7) is -0.318. The fraction of sp³-hybridized carbons (Fsp3) is 0.281. The molecular formula is C32H30O9. The minimum atomic E-state index is -2.16. The second-order valence-corrected chi connectivity index (χ2v) is 10.2. The smallest absolute Gasteiger partial charge is 0.204 e. The van der Waals surface area contributed by atoms with E-state index < -0.39 is 34.9 Å². The molecule has 2 aliphatic rings. The van der Waals surface area contributed by atoms with Crippen molar-refractivity contribution in [2.45, 2.75) is 29.8 Å². The highest BCUT2D eigenvalue weighted by Crippen LogP contribution is 2.70. The Labute approximate surface area is 236 Å². The summed E-state index contributed by atoms with van der Waals surface area (Å²) in [5.41, 5.74) is -2.08. The highest BCUT2D eigenvalue weighted by Gasteiger charge is 2.78. The lowest BCUT2D eigenvalue weighted by Gasteiger charge is -2.40. The summed E-state index contributed by atoms with van der Waals surface area (Å²) in [5.74, 6) is -1.22. The number of carbonyl (C=O) groups is 1. The Bertz CT molecular complexity index is 1580. The van der Waals surface area contributed by atoms with E-state index in [0.717, 1.165) is 0 Å². The molecule has 212 valence electrons. The molecule has 1 aromatic heterocycles. The average molecular weight is 559 g/mol. The normalized spacial score (nSPS) is 26.1. The molecule has 0 spiro atoms. The van der Waals surface area contributed by atoms with Crippen molar-refractivity contribution in [3.63, 3.8) is 0 Å². The number of carbonyl (C=O) groups excluding carboxylic acids is 1. The minimum Gasteiger partial charge on any atom is -0.497 e. The van der Waals surface area contributed by atoms with E-state index in [2.05, 4.69) is 0 Å². The van der Waals surface area contributed by atoms with Gasteiger partial charge < -0.3 is 38.7 Å². The van der Waals surface area contributed by atoms with Crippen LogP contribution in [-0.4, -0.2) is 48.5 Å². The maximum Gasteiger partial charge on any atom is 0.204 e. The van der Waals surface area contributed by atoms with Gasteiger partial charge in [0.05, 0.1) is 45.7 Å². The van der Waals surface area contributed by atoms with Crippen LogP contribution in [-0.2, 0) is 17.8 Å². The zero-order valence-corrected chi connectivity index (χ0v) is 22.7. The topological polar surface area (TPSA) is 128 Å². The Kier molecular flexibility index (Phi) is 6.53. The van der Waals surface area contributed by atoms with Gasteiger partial charge in [-0.3, -0.25) is 4.79 Å². The first-order chi connectivity index (χ1) is 19.8. The third kappa shape index (κ3) is 3.70. The molecule has 1 fully saturated rings. The van der Waals surface area contributed by atoms with Crippen molar-refractivity contribution in [1.29, 1.82) is 0 Å². The highest BCUT2D eigenvalue weighted by molar-refractivity contribution is 5.97. The molecule has 41 heavy (non-hydrogen) atoms. The first kappa shape index (κ1) is 26.9. The van der Waals surface area contributed by atoms with E-state index in [-0.39, 0.29) is 29.4 Å². The number of aliphatic hydroxyl groups excluding tert-OH is 2. The van der Waals surface area contributed by atoms with Crippen molar-refractivity contribution in [3.05, 3.63) is 107 Å². The number of fused-ring (bicyclic) bond motifs is 3. The molecular weight excluding hydrogens is 528 g/mol. The van der Waals surface area contributed by atoms with Gasteiger partial charge in [-0.1, -0.05) is 42.5 Å². The molecule has 0 saturated heterocycles. The standard InChI is InChI=1S/C32H30O9/c1-37-21-11-9-20(10-12-21)32-27(19-7-5-4-6-8-19)26(29(34)25-13-18(16-33)17-40-25)30(35)31(32,36)28-23(39-3)14-22(38-2)15-24(28)41-32/h4-15,17,26-27,30,33,35-36H,16H2,1-3H3/t26-,27+,30+,31-,32-/m0/s1. The summed E-state index contributed by atoms with van der Waals surface area (Å²) in [6, 6.07) is 20.8. The van der Waals surface area contributed by atoms with Gasteiger partial charge in [-0.2, -0.15) is 0 Å². The number of furan rings is 1. The average Bonchev–Trinajstić information content (AvgIpc) is 3.66. The summed E-state index contributed by atoms with van der Waals surface area (Å²) in [4.78, 5) is 14.2. The zero-order chi connectivity index (χ0) is 28.9. The van der Waals surface area contributed by atoms with Gasteiger partial charge >= 0.3 is 0 Å². The van der Waals surface area contributed by atoms with Crippen molar-refractivity contribution >= 4 is 5.78 Å². The molecule has 3 N–H and O–H groups in total. The molecule has 9 nitrogen and oxygen atoms in total. The van der Waals surface area contributed by atoms with E-state index in [1.807, 2.05) is 30.3 Å². The van der Waals surface area contributed by atoms with E-state index in [4.69, 9.17) is 23.4 Å². The number of Topliss-reactive ketones (excluding diaryl/α,β-unsaturated/α-hetero) is 1. The molecule has 9 heteroatoms. The molecule has 1 aliphatic heterocycles. The monoisotopic (exact) mass is 558 g/mol. The lowest BCUT2D eigenvalue weighted by atomic mass is 9.70. The Morgan fingerprint density at radius 2 is 1.63 bits per heavy atom. The number of rotatable bonds is 8. The van der Waals surface area contributed by atoms with Crippen LogP contribution in [0.25, 0.3) is 0 Å². The van der Waals surface area contributed by atoms with Gasteiger partial charge in [0.1, 0.15) is 29.1 Å². The van der Waals surface area contributed by atoms with Crippen LogP contribution in [0, 0.1) is 5.92 Å². The molecule has 0 bridgehead atoms. The Balaban J connectivity index is 1.67. The van der Waals surface area contributed by atoms with Crippen molar-refractivity contribution < 1.29 is 43.5 Å². The van der Waals surface area contributed by atoms with Crippen LogP contribution in [0.5, 0.6) is 23.0 Å². The molecule has 0 unspecified atom stereocenters. The number of ketones is 1. The predicted octanol–water partition coefficient (Wildman–Crippen LogP) is 3.93. The van der Waals surface area contributed by atoms with Crippen molar-refractivity contribution in [2.24, 2.45) is 5.92 Å². The van der Waals surface area contributed by atoms with Gasteiger partial charge in [0.2, 0.25) is 5.78 Å². The van der Waals surface area contributed by atoms with E-state index in [0.29, 0.717) is 28.2 Å². The predicted molar refractivity (Wildman–Crippen MR) is 146 cm³/mol. The second-order valence-electron chi connectivity index (χ2n) is 10.2. The number of ether oxygens (including phenoxy) is 4. The Morgan fingerprint density at radius 1 is 0.927 bits per heavy atom. The maximum absolute atomic E-state index is 14.2. The molecule has 3 aromatic carbocycles. The van der Waals surface area contributed by atoms with E-state index in [1.165, 1.54) is 26.5 Å². The van der Waals surface area contributed by atoms with E-state index in [9.17, 15) is 20.1 Å². The van der Waals surface area contributed by atoms with Gasteiger partial charge in [-0.25, -0.2) is 0 Å². The summed E-state index contributed by atoms with van der Waals surface area (Å²) >= 11 is 0. The summed E-state index contributed by atoms with van der Waals surface area (Å²) in [5, 5.41) is 34.7. The minimum absolute atomic E-state index is 0.0468. The van der Waals surface area contributed by atoms with Crippen LogP contribution in [0.4, 0.5) is 0 Å². The van der Waals surface area contributed by atoms with Gasteiger partial charge in [0.15, 0.2) is 17.0 Å². The van der Waals surface area contributed by atoms with Gasteiger partial charge in [0.25, 0.3) is 0 Å². The molecule has 1 saturated carbocycles. The van der Waals surface area contributed by atoms with Crippen LogP contribution < -0.4 is 18.9 Å². The largest absolute Gasteiger partial charge is 0.497 e. The number of benzene rings is 3. The lowest BCUT2D eigenvalue weighted by Crippen LogP contribution is -2.52. The van der Waals surface area contributed by atoms with E-state index >= 15 is 0 Å². The summed E-state index contributed by atoms with van der Waals surface area (Å²) in [6.07, 6.45) is -0.379.